The summed E-state index contributed by atoms with van der Waals surface area (Å²) >= 11 is 0. The summed E-state index contributed by atoms with van der Waals surface area (Å²) < 4.78 is 5.99. The van der Waals surface area contributed by atoms with Crippen LogP contribution < -0.4 is 5.56 Å². The third kappa shape index (κ3) is 2.64. The number of carbonyl (C=O) groups is 1. The van der Waals surface area contributed by atoms with E-state index in [9.17, 15) is 19.7 Å². The van der Waals surface area contributed by atoms with Crippen molar-refractivity contribution in [1.29, 1.82) is 0 Å². The lowest BCUT2D eigenvalue weighted by molar-refractivity contribution is -0.386. The van der Waals surface area contributed by atoms with Crippen molar-refractivity contribution in [3.63, 3.8) is 0 Å². The van der Waals surface area contributed by atoms with E-state index in [-0.39, 0.29) is 18.0 Å². The van der Waals surface area contributed by atoms with Crippen LogP contribution in [0.25, 0.3) is 0 Å². The Morgan fingerprint density at radius 2 is 2.05 bits per heavy atom. The van der Waals surface area contributed by atoms with E-state index in [1.165, 1.54) is 20.8 Å². The number of carbonyl (C=O) groups excluding carboxylic acids is 1. The van der Waals surface area contributed by atoms with E-state index < -0.39 is 22.0 Å². The first-order valence-corrected chi connectivity index (χ1v) is 5.78. The standard InChI is InChI=1S/C12H16N2O5/c1-5-19-11(16)12(3,4)13-8(2)9(14(17)18)6-7-10(13)15/h6-7H,5H2,1-4H3. The molecule has 0 bridgehead atoms. The van der Waals surface area contributed by atoms with Crippen molar-refractivity contribution >= 4 is 11.7 Å². The van der Waals surface area contributed by atoms with Crippen molar-refractivity contribution in [3.8, 4) is 0 Å². The third-order valence-electron chi connectivity index (χ3n) is 2.84. The third-order valence-corrected chi connectivity index (χ3v) is 2.84. The van der Waals surface area contributed by atoms with Crippen molar-refractivity contribution < 1.29 is 14.5 Å². The molecule has 0 aliphatic rings. The molecule has 0 radical (unpaired) electrons. The van der Waals surface area contributed by atoms with Gasteiger partial charge in [-0.2, -0.15) is 0 Å². The highest BCUT2D eigenvalue weighted by Gasteiger charge is 2.35. The van der Waals surface area contributed by atoms with Crippen LogP contribution in [0, 0.1) is 17.0 Å². The highest BCUT2D eigenvalue weighted by Crippen LogP contribution is 2.22. The van der Waals surface area contributed by atoms with Crippen molar-refractivity contribution in [3.05, 3.63) is 38.3 Å². The molecule has 0 saturated carbocycles. The normalized spacial score (nSPS) is 11.2. The minimum absolute atomic E-state index is 0.121. The molecule has 0 amide bonds. The predicted octanol–water partition coefficient (Wildman–Crippen LogP) is 1.36. The van der Waals surface area contributed by atoms with Gasteiger partial charge in [-0.3, -0.25) is 19.5 Å². The largest absolute Gasteiger partial charge is 0.464 e. The Bertz CT molecular complexity index is 574. The summed E-state index contributed by atoms with van der Waals surface area (Å²) in [5.41, 5.74) is -1.88. The molecular formula is C12H16N2O5. The van der Waals surface area contributed by atoms with E-state index in [0.717, 1.165) is 16.7 Å². The van der Waals surface area contributed by atoms with Gasteiger partial charge in [0.15, 0.2) is 0 Å². The minimum Gasteiger partial charge on any atom is -0.464 e. The van der Waals surface area contributed by atoms with Gasteiger partial charge in [-0.15, -0.1) is 0 Å². The molecule has 1 heterocycles. The van der Waals surface area contributed by atoms with Crippen LogP contribution in [0.4, 0.5) is 5.69 Å². The molecule has 19 heavy (non-hydrogen) atoms. The predicted molar refractivity (Wildman–Crippen MR) is 68.0 cm³/mol. The van der Waals surface area contributed by atoms with Gasteiger partial charge in [-0.25, -0.2) is 4.79 Å². The molecule has 1 aromatic rings. The van der Waals surface area contributed by atoms with E-state index in [4.69, 9.17) is 4.74 Å². The van der Waals surface area contributed by atoms with Gasteiger partial charge in [0, 0.05) is 12.1 Å². The zero-order valence-corrected chi connectivity index (χ0v) is 11.3. The maximum absolute atomic E-state index is 11.9. The van der Waals surface area contributed by atoms with Gasteiger partial charge in [0.05, 0.1) is 17.2 Å². The average Bonchev–Trinajstić information content (AvgIpc) is 2.28. The second kappa shape index (κ2) is 5.21. The molecule has 7 nitrogen and oxygen atoms in total. The number of hydrogen-bond acceptors (Lipinski definition) is 5. The van der Waals surface area contributed by atoms with Crippen LogP contribution in [-0.4, -0.2) is 22.1 Å². The summed E-state index contributed by atoms with van der Waals surface area (Å²) in [5.74, 6) is -0.610. The summed E-state index contributed by atoms with van der Waals surface area (Å²) in [5, 5.41) is 10.9. The van der Waals surface area contributed by atoms with Crippen molar-refractivity contribution in [2.45, 2.75) is 33.2 Å². The number of esters is 1. The summed E-state index contributed by atoms with van der Waals surface area (Å²) in [6.07, 6.45) is 0. The van der Waals surface area contributed by atoms with Gasteiger partial charge >= 0.3 is 5.97 Å². The Labute approximate surface area is 110 Å². The van der Waals surface area contributed by atoms with Crippen LogP contribution in [-0.2, 0) is 15.1 Å². The van der Waals surface area contributed by atoms with Crippen LogP contribution in [0.2, 0.25) is 0 Å². The SMILES string of the molecule is CCOC(=O)C(C)(C)n1c(C)c([N+](=O)[O-])ccc1=O. The first kappa shape index (κ1) is 14.9. The molecule has 7 heteroatoms. The second-order valence-corrected chi connectivity index (χ2v) is 4.51. The lowest BCUT2D eigenvalue weighted by Crippen LogP contribution is -2.44. The zero-order valence-electron chi connectivity index (χ0n) is 11.3. The fraction of sp³-hybridized carbons (Fsp3) is 0.500. The fourth-order valence-electron chi connectivity index (χ4n) is 1.91. The summed E-state index contributed by atoms with van der Waals surface area (Å²) in [4.78, 5) is 34.1. The maximum atomic E-state index is 11.9. The van der Waals surface area contributed by atoms with E-state index in [2.05, 4.69) is 0 Å². The second-order valence-electron chi connectivity index (χ2n) is 4.51. The van der Waals surface area contributed by atoms with Gasteiger partial charge in [0.25, 0.3) is 11.2 Å². The van der Waals surface area contributed by atoms with Crippen LogP contribution in [0.5, 0.6) is 0 Å². The number of ether oxygens (including phenoxy) is 1. The molecule has 0 spiro atoms. The lowest BCUT2D eigenvalue weighted by Gasteiger charge is -2.26. The van der Waals surface area contributed by atoms with E-state index in [1.54, 1.807) is 6.92 Å². The molecule has 0 N–H and O–H groups in total. The molecule has 0 unspecified atom stereocenters. The Kier molecular flexibility index (Phi) is 4.08. The Balaban J connectivity index is 3.49. The number of aromatic nitrogens is 1. The molecule has 0 saturated heterocycles. The van der Waals surface area contributed by atoms with Crippen molar-refractivity contribution in [2.24, 2.45) is 0 Å². The smallest absolute Gasteiger partial charge is 0.331 e. The molecule has 0 aliphatic heterocycles. The van der Waals surface area contributed by atoms with Crippen LogP contribution in [0.3, 0.4) is 0 Å². The number of nitrogens with zero attached hydrogens (tertiary/aromatic N) is 2. The Hall–Kier alpha value is -2.18. The molecule has 0 fully saturated rings. The van der Waals surface area contributed by atoms with Crippen LogP contribution >= 0.6 is 0 Å². The van der Waals surface area contributed by atoms with Gasteiger partial charge in [0.2, 0.25) is 0 Å². The van der Waals surface area contributed by atoms with Crippen molar-refractivity contribution in [2.75, 3.05) is 6.61 Å². The monoisotopic (exact) mass is 268 g/mol. The van der Waals surface area contributed by atoms with Crippen LogP contribution in [0.1, 0.15) is 26.5 Å². The van der Waals surface area contributed by atoms with Crippen LogP contribution in [0.15, 0.2) is 16.9 Å². The van der Waals surface area contributed by atoms with E-state index in [1.807, 2.05) is 0 Å². The first-order chi connectivity index (χ1) is 8.73. The highest BCUT2D eigenvalue weighted by atomic mass is 16.6. The quantitative estimate of drug-likeness (QED) is 0.467. The van der Waals surface area contributed by atoms with Crippen molar-refractivity contribution in [1.82, 2.24) is 4.57 Å². The maximum Gasteiger partial charge on any atom is 0.331 e. The minimum atomic E-state index is -1.30. The average molecular weight is 268 g/mol. The topological polar surface area (TPSA) is 91.4 Å². The fourth-order valence-corrected chi connectivity index (χ4v) is 1.91. The van der Waals surface area contributed by atoms with Gasteiger partial charge < -0.3 is 4.74 Å². The molecule has 0 aromatic carbocycles. The molecule has 0 aliphatic carbocycles. The summed E-state index contributed by atoms with van der Waals surface area (Å²) in [7, 11) is 0. The highest BCUT2D eigenvalue weighted by molar-refractivity contribution is 5.78. The number of hydrogen-bond donors (Lipinski definition) is 0. The first-order valence-electron chi connectivity index (χ1n) is 5.78. The molecule has 1 aromatic heterocycles. The Morgan fingerprint density at radius 1 is 1.47 bits per heavy atom. The lowest BCUT2D eigenvalue weighted by atomic mass is 10.0. The molecule has 104 valence electrons. The number of nitro groups is 1. The van der Waals surface area contributed by atoms with Gasteiger partial charge in [0.1, 0.15) is 5.54 Å². The Morgan fingerprint density at radius 3 is 2.53 bits per heavy atom. The molecule has 1 rings (SSSR count). The van der Waals surface area contributed by atoms with E-state index >= 15 is 0 Å². The zero-order chi connectivity index (χ0) is 14.8. The van der Waals surface area contributed by atoms with E-state index in [0.29, 0.717) is 0 Å². The van der Waals surface area contributed by atoms with Gasteiger partial charge in [-0.05, 0) is 27.7 Å². The number of rotatable bonds is 4. The number of pyridine rings is 1. The summed E-state index contributed by atoms with van der Waals surface area (Å²) in [6, 6.07) is 2.21. The molecule has 0 atom stereocenters. The molecular weight excluding hydrogens is 252 g/mol. The van der Waals surface area contributed by atoms with Gasteiger partial charge in [-0.1, -0.05) is 0 Å². The summed E-state index contributed by atoms with van der Waals surface area (Å²) in [6.45, 7) is 6.23.